The molecule has 2 unspecified atom stereocenters. The van der Waals surface area contributed by atoms with Crippen LogP contribution >= 0.6 is 0 Å². The molecule has 0 radical (unpaired) electrons. The monoisotopic (exact) mass is 342 g/mol. The zero-order chi connectivity index (χ0) is 18.2. The van der Waals surface area contributed by atoms with Crippen LogP contribution in [0.15, 0.2) is 24.3 Å². The largest absolute Gasteiger partial charge is 0.466 e. The Balaban J connectivity index is 3.64. The Morgan fingerprint density at radius 1 is 0.792 bits per heavy atom. The standard InChI is InChI=1S/C18H30O6/c1-23-17(21)13-9-5-3-7-11-15(19)16(20)12-8-4-6-10-14-18(22)24-2/h9-10,13-16,19-20H,3-8,11-12H2,1-2H3/b13-9+,14-10+. The first kappa shape index (κ1) is 22.3. The van der Waals surface area contributed by atoms with Gasteiger partial charge in [0, 0.05) is 12.2 Å². The lowest BCUT2D eigenvalue weighted by molar-refractivity contribution is -0.135. The summed E-state index contributed by atoms with van der Waals surface area (Å²) in [4.78, 5) is 21.7. The number of esters is 2. The second kappa shape index (κ2) is 14.9. The number of rotatable bonds is 13. The number of ether oxygens (including phenoxy) is 2. The molecule has 138 valence electrons. The third-order valence-electron chi connectivity index (χ3n) is 3.60. The van der Waals surface area contributed by atoms with Crippen LogP contribution in [0.5, 0.6) is 0 Å². The Hall–Kier alpha value is -1.66. The summed E-state index contributed by atoms with van der Waals surface area (Å²) in [5.74, 6) is -0.737. The van der Waals surface area contributed by atoms with Crippen LogP contribution < -0.4 is 0 Å². The number of hydrogen-bond donors (Lipinski definition) is 2. The molecule has 0 aromatic heterocycles. The molecule has 2 atom stereocenters. The molecule has 0 amide bonds. The zero-order valence-electron chi connectivity index (χ0n) is 14.6. The van der Waals surface area contributed by atoms with Crippen LogP contribution in [0, 0.1) is 0 Å². The molecular formula is C18H30O6. The highest BCUT2D eigenvalue weighted by Crippen LogP contribution is 2.13. The number of aliphatic hydroxyl groups is 2. The van der Waals surface area contributed by atoms with Gasteiger partial charge in [-0.1, -0.05) is 25.0 Å². The highest BCUT2D eigenvalue weighted by Gasteiger charge is 2.14. The lowest BCUT2D eigenvalue weighted by atomic mass is 10.0. The van der Waals surface area contributed by atoms with Crippen molar-refractivity contribution in [1.29, 1.82) is 0 Å². The fraction of sp³-hybridized carbons (Fsp3) is 0.667. The van der Waals surface area contributed by atoms with E-state index in [1.54, 1.807) is 12.2 Å². The van der Waals surface area contributed by atoms with E-state index in [1.807, 2.05) is 0 Å². The Morgan fingerprint density at radius 3 is 1.50 bits per heavy atom. The van der Waals surface area contributed by atoms with E-state index >= 15 is 0 Å². The number of allylic oxidation sites excluding steroid dienone is 2. The maximum Gasteiger partial charge on any atom is 0.330 e. The smallest absolute Gasteiger partial charge is 0.330 e. The summed E-state index contributed by atoms with van der Waals surface area (Å²) in [5, 5.41) is 19.8. The predicted molar refractivity (Wildman–Crippen MR) is 91.3 cm³/mol. The molecule has 0 spiro atoms. The van der Waals surface area contributed by atoms with Crippen molar-refractivity contribution < 1.29 is 29.3 Å². The maximum absolute atomic E-state index is 10.8. The van der Waals surface area contributed by atoms with Crippen molar-refractivity contribution in [3.63, 3.8) is 0 Å². The third kappa shape index (κ3) is 12.8. The third-order valence-corrected chi connectivity index (χ3v) is 3.60. The van der Waals surface area contributed by atoms with Gasteiger partial charge in [0.1, 0.15) is 0 Å². The van der Waals surface area contributed by atoms with Gasteiger partial charge in [-0.05, 0) is 38.5 Å². The molecule has 0 saturated carbocycles. The molecule has 0 aromatic carbocycles. The van der Waals surface area contributed by atoms with E-state index in [1.165, 1.54) is 26.4 Å². The Kier molecular flexibility index (Phi) is 13.9. The van der Waals surface area contributed by atoms with E-state index in [-0.39, 0.29) is 11.9 Å². The number of aliphatic hydroxyl groups excluding tert-OH is 2. The van der Waals surface area contributed by atoms with Crippen LogP contribution in [0.25, 0.3) is 0 Å². The van der Waals surface area contributed by atoms with Crippen molar-refractivity contribution >= 4 is 11.9 Å². The molecule has 0 bridgehead atoms. The topological polar surface area (TPSA) is 93.1 Å². The van der Waals surface area contributed by atoms with Gasteiger partial charge in [-0.25, -0.2) is 9.59 Å². The lowest BCUT2D eigenvalue weighted by Crippen LogP contribution is -2.25. The normalized spacial score (nSPS) is 14.0. The fourth-order valence-electron chi connectivity index (χ4n) is 2.11. The van der Waals surface area contributed by atoms with Crippen LogP contribution in [0.2, 0.25) is 0 Å². The minimum Gasteiger partial charge on any atom is -0.466 e. The molecule has 0 aromatic rings. The summed E-state index contributed by atoms with van der Waals surface area (Å²) in [7, 11) is 2.67. The molecule has 0 rings (SSSR count). The molecule has 0 fully saturated rings. The molecule has 0 heterocycles. The molecule has 6 heteroatoms. The van der Waals surface area contributed by atoms with Crippen molar-refractivity contribution in [2.75, 3.05) is 14.2 Å². The first-order chi connectivity index (χ1) is 11.5. The molecular weight excluding hydrogens is 312 g/mol. The molecule has 2 N–H and O–H groups in total. The molecule has 0 aliphatic heterocycles. The highest BCUT2D eigenvalue weighted by molar-refractivity contribution is 5.81. The zero-order valence-corrected chi connectivity index (χ0v) is 14.6. The SMILES string of the molecule is COC(=O)/C=C/CCCCC(O)C(O)CCCC/C=C/C(=O)OC. The van der Waals surface area contributed by atoms with Gasteiger partial charge in [0.25, 0.3) is 0 Å². The predicted octanol–water partition coefficient (Wildman–Crippen LogP) is 2.29. The maximum atomic E-state index is 10.8. The van der Waals surface area contributed by atoms with Gasteiger partial charge in [-0.2, -0.15) is 0 Å². The van der Waals surface area contributed by atoms with Gasteiger partial charge in [0.05, 0.1) is 26.4 Å². The average Bonchev–Trinajstić information content (AvgIpc) is 2.59. The fourth-order valence-corrected chi connectivity index (χ4v) is 2.11. The van der Waals surface area contributed by atoms with Crippen molar-refractivity contribution in [3.05, 3.63) is 24.3 Å². The van der Waals surface area contributed by atoms with Gasteiger partial charge in [-0.3, -0.25) is 0 Å². The Morgan fingerprint density at radius 2 is 1.17 bits per heavy atom. The molecule has 6 nitrogen and oxygen atoms in total. The quantitative estimate of drug-likeness (QED) is 0.303. The summed E-state index contributed by atoms with van der Waals surface area (Å²) in [5.41, 5.74) is 0. The summed E-state index contributed by atoms with van der Waals surface area (Å²) in [6.07, 6.45) is 10.6. The first-order valence-corrected chi connectivity index (χ1v) is 8.36. The van der Waals surface area contributed by atoms with Crippen molar-refractivity contribution in [1.82, 2.24) is 0 Å². The molecule has 24 heavy (non-hydrogen) atoms. The second-order valence-corrected chi connectivity index (χ2v) is 5.55. The van der Waals surface area contributed by atoms with E-state index < -0.39 is 12.2 Å². The number of carbonyl (C=O) groups excluding carboxylic acids is 2. The minimum absolute atomic E-state index is 0.369. The van der Waals surface area contributed by atoms with Crippen LogP contribution in [0.1, 0.15) is 51.4 Å². The van der Waals surface area contributed by atoms with Crippen molar-refractivity contribution in [3.8, 4) is 0 Å². The lowest BCUT2D eigenvalue weighted by Gasteiger charge is -2.17. The summed E-state index contributed by atoms with van der Waals surface area (Å²) >= 11 is 0. The number of hydrogen-bond acceptors (Lipinski definition) is 6. The number of unbranched alkanes of at least 4 members (excludes halogenated alkanes) is 4. The minimum atomic E-state index is -0.722. The second-order valence-electron chi connectivity index (χ2n) is 5.55. The van der Waals surface area contributed by atoms with Crippen LogP contribution in [-0.4, -0.2) is 48.6 Å². The van der Waals surface area contributed by atoms with E-state index in [0.717, 1.165) is 38.5 Å². The van der Waals surface area contributed by atoms with Gasteiger partial charge in [-0.15, -0.1) is 0 Å². The molecule has 0 saturated heterocycles. The van der Waals surface area contributed by atoms with E-state index in [4.69, 9.17) is 0 Å². The van der Waals surface area contributed by atoms with Crippen molar-refractivity contribution in [2.24, 2.45) is 0 Å². The molecule has 0 aliphatic rings. The van der Waals surface area contributed by atoms with E-state index in [2.05, 4.69) is 9.47 Å². The van der Waals surface area contributed by atoms with Crippen LogP contribution in [0.4, 0.5) is 0 Å². The van der Waals surface area contributed by atoms with Crippen LogP contribution in [0.3, 0.4) is 0 Å². The summed E-state index contributed by atoms with van der Waals surface area (Å²) < 4.78 is 8.96. The Labute approximate surface area is 144 Å². The Bertz CT molecular complexity index is 364. The summed E-state index contributed by atoms with van der Waals surface area (Å²) in [6, 6.07) is 0. The van der Waals surface area contributed by atoms with Gasteiger partial charge < -0.3 is 19.7 Å². The number of carbonyl (C=O) groups is 2. The number of methoxy groups -OCH3 is 2. The van der Waals surface area contributed by atoms with Crippen LogP contribution in [-0.2, 0) is 19.1 Å². The van der Waals surface area contributed by atoms with Gasteiger partial charge in [0.2, 0.25) is 0 Å². The highest BCUT2D eigenvalue weighted by atomic mass is 16.5. The van der Waals surface area contributed by atoms with Gasteiger partial charge >= 0.3 is 11.9 Å². The summed E-state index contributed by atoms with van der Waals surface area (Å²) in [6.45, 7) is 0. The van der Waals surface area contributed by atoms with E-state index in [9.17, 15) is 19.8 Å². The van der Waals surface area contributed by atoms with Gasteiger partial charge in [0.15, 0.2) is 0 Å². The first-order valence-electron chi connectivity index (χ1n) is 8.36. The molecule has 0 aliphatic carbocycles. The van der Waals surface area contributed by atoms with Crippen molar-refractivity contribution in [2.45, 2.75) is 63.6 Å². The van der Waals surface area contributed by atoms with E-state index in [0.29, 0.717) is 12.8 Å². The average molecular weight is 342 g/mol.